The van der Waals surface area contributed by atoms with Crippen LogP contribution in [0.4, 0.5) is 0 Å². The van der Waals surface area contributed by atoms with Crippen molar-refractivity contribution in [2.45, 2.75) is 17.4 Å². The highest BCUT2D eigenvalue weighted by Gasteiger charge is 2.19. The molecular formula is C17H18N2O3S. The van der Waals surface area contributed by atoms with Crippen LogP contribution in [0.25, 0.3) is 0 Å². The van der Waals surface area contributed by atoms with Crippen LogP contribution < -0.4 is 5.32 Å². The van der Waals surface area contributed by atoms with Gasteiger partial charge in [0.15, 0.2) is 0 Å². The molecule has 120 valence electrons. The minimum Gasteiger partial charge on any atom is -0.469 e. The average molecular weight is 330 g/mol. The maximum Gasteiger partial charge on any atom is 0.307 e. The Kier molecular flexibility index (Phi) is 6.17. The van der Waals surface area contributed by atoms with Gasteiger partial charge in [0.25, 0.3) is 5.91 Å². The number of nitrogens with one attached hydrogen (secondary N) is 1. The third-order valence-corrected chi connectivity index (χ3v) is 4.11. The van der Waals surface area contributed by atoms with Gasteiger partial charge in [-0.15, -0.1) is 11.8 Å². The van der Waals surface area contributed by atoms with E-state index < -0.39 is 6.04 Å². The lowest BCUT2D eigenvalue weighted by atomic mass is 10.0. The van der Waals surface area contributed by atoms with Crippen LogP contribution in [0.15, 0.2) is 53.7 Å². The van der Waals surface area contributed by atoms with E-state index >= 15 is 0 Å². The van der Waals surface area contributed by atoms with Gasteiger partial charge in [-0.25, -0.2) is 0 Å². The van der Waals surface area contributed by atoms with Crippen molar-refractivity contribution in [1.82, 2.24) is 10.3 Å². The van der Waals surface area contributed by atoms with Gasteiger partial charge in [-0.3, -0.25) is 14.6 Å². The number of thioether (sulfide) groups is 1. The number of ether oxygens (including phenoxy) is 1. The lowest BCUT2D eigenvalue weighted by Gasteiger charge is -2.18. The molecule has 5 nitrogen and oxygen atoms in total. The number of carbonyl (C=O) groups excluding carboxylic acids is 2. The quantitative estimate of drug-likeness (QED) is 0.651. The largest absolute Gasteiger partial charge is 0.469 e. The molecule has 0 aliphatic carbocycles. The Hall–Kier alpha value is -2.34. The molecule has 1 aromatic heterocycles. The molecule has 1 aromatic carbocycles. The van der Waals surface area contributed by atoms with E-state index in [9.17, 15) is 9.59 Å². The standard InChI is InChI=1S/C17H18N2O3S/c1-22-16(20)11-15(12-3-5-14(23-2)6-4-12)19-17(21)13-7-9-18-10-8-13/h3-10,15H,11H2,1-2H3,(H,19,21)/t15-/m1/s1. The summed E-state index contributed by atoms with van der Waals surface area (Å²) in [5.41, 5.74) is 1.35. The Bertz CT molecular complexity index is 659. The first-order chi connectivity index (χ1) is 11.1. The van der Waals surface area contributed by atoms with Crippen LogP contribution in [0.3, 0.4) is 0 Å². The Morgan fingerprint density at radius 1 is 1.17 bits per heavy atom. The van der Waals surface area contributed by atoms with E-state index in [0.717, 1.165) is 10.5 Å². The number of nitrogens with zero attached hydrogens (tertiary/aromatic N) is 1. The highest BCUT2D eigenvalue weighted by molar-refractivity contribution is 7.98. The molecule has 0 aliphatic heterocycles. The molecule has 0 saturated heterocycles. The van der Waals surface area contributed by atoms with Gasteiger partial charge in [0.2, 0.25) is 0 Å². The van der Waals surface area contributed by atoms with Gasteiger partial charge < -0.3 is 10.1 Å². The summed E-state index contributed by atoms with van der Waals surface area (Å²) in [5, 5.41) is 2.88. The molecular weight excluding hydrogens is 312 g/mol. The Morgan fingerprint density at radius 3 is 2.39 bits per heavy atom. The number of carbonyl (C=O) groups is 2. The normalized spacial score (nSPS) is 11.6. The first-order valence-corrected chi connectivity index (χ1v) is 8.28. The molecule has 0 radical (unpaired) electrons. The summed E-state index contributed by atoms with van der Waals surface area (Å²) in [6.07, 6.45) is 5.17. The van der Waals surface area contributed by atoms with Gasteiger partial charge >= 0.3 is 5.97 Å². The topological polar surface area (TPSA) is 68.3 Å². The number of esters is 1. The first kappa shape index (κ1) is 17.0. The first-order valence-electron chi connectivity index (χ1n) is 7.05. The highest BCUT2D eigenvalue weighted by Crippen LogP contribution is 2.22. The van der Waals surface area contributed by atoms with E-state index in [1.807, 2.05) is 30.5 Å². The summed E-state index contributed by atoms with van der Waals surface area (Å²) in [7, 11) is 1.33. The second-order valence-corrected chi connectivity index (χ2v) is 5.70. The number of pyridine rings is 1. The van der Waals surface area contributed by atoms with Gasteiger partial charge in [-0.2, -0.15) is 0 Å². The smallest absolute Gasteiger partial charge is 0.307 e. The number of rotatable bonds is 6. The van der Waals surface area contributed by atoms with Crippen molar-refractivity contribution >= 4 is 23.6 Å². The maximum absolute atomic E-state index is 12.3. The van der Waals surface area contributed by atoms with E-state index in [1.54, 1.807) is 36.3 Å². The van der Waals surface area contributed by atoms with Crippen LogP contribution >= 0.6 is 11.8 Å². The van der Waals surface area contributed by atoms with Crippen LogP contribution in [0.2, 0.25) is 0 Å². The van der Waals surface area contributed by atoms with E-state index in [-0.39, 0.29) is 18.3 Å². The van der Waals surface area contributed by atoms with Gasteiger partial charge in [-0.05, 0) is 36.1 Å². The van der Waals surface area contributed by atoms with Gasteiger partial charge in [-0.1, -0.05) is 12.1 Å². The second kappa shape index (κ2) is 8.33. The second-order valence-electron chi connectivity index (χ2n) is 4.82. The Labute approximate surface area is 139 Å². The lowest BCUT2D eigenvalue weighted by Crippen LogP contribution is -2.30. The van der Waals surface area contributed by atoms with E-state index in [2.05, 4.69) is 10.3 Å². The zero-order valence-electron chi connectivity index (χ0n) is 13.0. The number of amides is 1. The molecule has 0 spiro atoms. The number of aromatic nitrogens is 1. The fraction of sp³-hybridized carbons (Fsp3) is 0.235. The molecule has 0 saturated carbocycles. The molecule has 6 heteroatoms. The summed E-state index contributed by atoms with van der Waals surface area (Å²) < 4.78 is 4.73. The molecule has 0 unspecified atom stereocenters. The molecule has 1 heterocycles. The zero-order chi connectivity index (χ0) is 16.7. The Balaban J connectivity index is 2.19. The Morgan fingerprint density at radius 2 is 1.83 bits per heavy atom. The number of methoxy groups -OCH3 is 1. The van der Waals surface area contributed by atoms with E-state index in [0.29, 0.717) is 5.56 Å². The van der Waals surface area contributed by atoms with Gasteiger partial charge in [0.05, 0.1) is 19.6 Å². The maximum atomic E-state index is 12.3. The van der Waals surface area contributed by atoms with E-state index in [1.165, 1.54) is 7.11 Å². The van der Waals surface area contributed by atoms with Crippen LogP contribution in [0.5, 0.6) is 0 Å². The highest BCUT2D eigenvalue weighted by atomic mass is 32.2. The summed E-state index contributed by atoms with van der Waals surface area (Å²) in [5.74, 6) is -0.630. The van der Waals surface area contributed by atoms with Crippen molar-refractivity contribution in [3.63, 3.8) is 0 Å². The fourth-order valence-electron chi connectivity index (χ4n) is 2.08. The molecule has 1 atom stereocenters. The number of hydrogen-bond acceptors (Lipinski definition) is 5. The molecule has 1 amide bonds. The van der Waals surface area contributed by atoms with E-state index in [4.69, 9.17) is 4.74 Å². The van der Waals surface area contributed by atoms with Gasteiger partial charge in [0.1, 0.15) is 0 Å². The van der Waals surface area contributed by atoms with Crippen molar-refractivity contribution in [3.05, 3.63) is 59.9 Å². The van der Waals surface area contributed by atoms with Crippen LogP contribution in [0, 0.1) is 0 Å². The third kappa shape index (κ3) is 4.82. The molecule has 1 N–H and O–H groups in total. The predicted octanol–water partition coefficient (Wildman–Crippen LogP) is 2.84. The number of hydrogen-bond donors (Lipinski definition) is 1. The van der Waals surface area contributed by atoms with Crippen LogP contribution in [0.1, 0.15) is 28.4 Å². The molecule has 0 bridgehead atoms. The minimum atomic E-state index is -0.445. The molecule has 23 heavy (non-hydrogen) atoms. The summed E-state index contributed by atoms with van der Waals surface area (Å²) >= 11 is 1.63. The van der Waals surface area contributed by atoms with Crippen molar-refractivity contribution in [2.24, 2.45) is 0 Å². The summed E-state index contributed by atoms with van der Waals surface area (Å²) in [6.45, 7) is 0. The van der Waals surface area contributed by atoms with Gasteiger partial charge in [0, 0.05) is 22.9 Å². The van der Waals surface area contributed by atoms with Crippen molar-refractivity contribution in [2.75, 3.05) is 13.4 Å². The van der Waals surface area contributed by atoms with Crippen LogP contribution in [-0.4, -0.2) is 30.2 Å². The lowest BCUT2D eigenvalue weighted by molar-refractivity contribution is -0.141. The van der Waals surface area contributed by atoms with Crippen LogP contribution in [-0.2, 0) is 9.53 Å². The average Bonchev–Trinajstić information content (AvgIpc) is 2.61. The third-order valence-electron chi connectivity index (χ3n) is 3.36. The monoisotopic (exact) mass is 330 g/mol. The SMILES string of the molecule is COC(=O)C[C@@H](NC(=O)c1ccncc1)c1ccc(SC)cc1. The number of benzene rings is 1. The van der Waals surface area contributed by atoms with Crippen molar-refractivity contribution in [3.8, 4) is 0 Å². The summed E-state index contributed by atoms with van der Waals surface area (Å²) in [4.78, 5) is 29.0. The van der Waals surface area contributed by atoms with Crippen molar-refractivity contribution in [1.29, 1.82) is 0 Å². The molecule has 0 aliphatic rings. The molecule has 0 fully saturated rings. The minimum absolute atomic E-state index is 0.0753. The molecule has 2 rings (SSSR count). The fourth-order valence-corrected chi connectivity index (χ4v) is 2.49. The predicted molar refractivity (Wildman–Crippen MR) is 89.3 cm³/mol. The molecule has 2 aromatic rings. The summed E-state index contributed by atoms with van der Waals surface area (Å²) in [6, 6.07) is 10.5. The van der Waals surface area contributed by atoms with Crippen molar-refractivity contribution < 1.29 is 14.3 Å². The zero-order valence-corrected chi connectivity index (χ0v) is 13.8.